The number of ether oxygens (including phenoxy) is 2. The number of aliphatic hydroxyl groups excluding tert-OH is 1. The van der Waals surface area contributed by atoms with E-state index in [9.17, 15) is 13.9 Å². The summed E-state index contributed by atoms with van der Waals surface area (Å²) in [7, 11) is 0. The lowest BCUT2D eigenvalue weighted by Crippen LogP contribution is -2.24. The highest BCUT2D eigenvalue weighted by Crippen LogP contribution is 2.19. The van der Waals surface area contributed by atoms with E-state index in [0.717, 1.165) is 0 Å². The molecule has 1 aromatic carbocycles. The molecule has 0 heterocycles. The fourth-order valence-electron chi connectivity index (χ4n) is 1.14. The van der Waals surface area contributed by atoms with Crippen molar-refractivity contribution in [3.8, 4) is 5.75 Å². The summed E-state index contributed by atoms with van der Waals surface area (Å²) in [4.78, 5) is 0. The molecule has 0 aliphatic heterocycles. The smallest absolute Gasteiger partial charge is 0.261 e. The zero-order valence-electron chi connectivity index (χ0n) is 9.18. The molecule has 0 aliphatic carbocycles. The lowest BCUT2D eigenvalue weighted by atomic mass is 10.3. The van der Waals surface area contributed by atoms with Crippen molar-refractivity contribution in [2.75, 3.05) is 25.6 Å². The number of rotatable bonds is 7. The van der Waals surface area contributed by atoms with Crippen molar-refractivity contribution in [3.63, 3.8) is 0 Å². The molecule has 0 aliphatic rings. The van der Waals surface area contributed by atoms with E-state index in [-0.39, 0.29) is 13.2 Å². The molecule has 6 heteroatoms. The van der Waals surface area contributed by atoms with Crippen LogP contribution in [-0.2, 0) is 4.74 Å². The largest absolute Gasteiger partial charge is 0.489 e. The molecular formula is C11H15F2NO3. The summed E-state index contributed by atoms with van der Waals surface area (Å²) in [6.07, 6.45) is -3.50. The van der Waals surface area contributed by atoms with Crippen molar-refractivity contribution in [2.24, 2.45) is 0 Å². The van der Waals surface area contributed by atoms with Gasteiger partial charge in [0.15, 0.2) is 0 Å². The van der Waals surface area contributed by atoms with Crippen LogP contribution in [0.15, 0.2) is 24.3 Å². The molecule has 4 nitrogen and oxygen atoms in total. The number of hydrogen-bond donors (Lipinski definition) is 2. The van der Waals surface area contributed by atoms with E-state index in [2.05, 4.69) is 4.74 Å². The van der Waals surface area contributed by atoms with E-state index >= 15 is 0 Å². The molecule has 0 radical (unpaired) electrons. The second-order valence-electron chi connectivity index (χ2n) is 3.43. The van der Waals surface area contributed by atoms with Gasteiger partial charge in [0.05, 0.1) is 12.3 Å². The minimum Gasteiger partial charge on any atom is -0.489 e. The molecule has 0 spiro atoms. The molecule has 1 rings (SSSR count). The van der Waals surface area contributed by atoms with Gasteiger partial charge in [0, 0.05) is 0 Å². The minimum absolute atomic E-state index is 0.0581. The van der Waals surface area contributed by atoms with E-state index in [1.807, 2.05) is 0 Å². The van der Waals surface area contributed by atoms with Gasteiger partial charge in [-0.1, -0.05) is 12.1 Å². The van der Waals surface area contributed by atoms with Gasteiger partial charge < -0.3 is 20.3 Å². The number of para-hydroxylation sites is 2. The first-order valence-corrected chi connectivity index (χ1v) is 5.11. The third kappa shape index (κ3) is 5.46. The second-order valence-corrected chi connectivity index (χ2v) is 3.43. The maximum Gasteiger partial charge on any atom is 0.261 e. The highest BCUT2D eigenvalue weighted by molar-refractivity contribution is 5.51. The third-order valence-corrected chi connectivity index (χ3v) is 1.90. The second kappa shape index (κ2) is 7.03. The van der Waals surface area contributed by atoms with Crippen LogP contribution in [0.5, 0.6) is 5.75 Å². The van der Waals surface area contributed by atoms with Crippen LogP contribution in [-0.4, -0.2) is 37.5 Å². The Morgan fingerprint density at radius 2 is 1.88 bits per heavy atom. The first kappa shape index (κ1) is 13.7. The fraction of sp³-hybridized carbons (Fsp3) is 0.455. The molecule has 0 saturated heterocycles. The van der Waals surface area contributed by atoms with Gasteiger partial charge in [-0.25, -0.2) is 8.78 Å². The Kier molecular flexibility index (Phi) is 5.65. The van der Waals surface area contributed by atoms with Crippen LogP contribution >= 0.6 is 0 Å². The first-order chi connectivity index (χ1) is 8.09. The average Bonchev–Trinajstić information content (AvgIpc) is 2.27. The lowest BCUT2D eigenvalue weighted by Gasteiger charge is -2.13. The minimum atomic E-state index is -2.53. The fourth-order valence-corrected chi connectivity index (χ4v) is 1.14. The van der Waals surface area contributed by atoms with E-state index in [0.29, 0.717) is 11.4 Å². The molecule has 1 atom stereocenters. The Hall–Kier alpha value is -1.40. The molecule has 0 saturated carbocycles. The van der Waals surface area contributed by atoms with Gasteiger partial charge >= 0.3 is 0 Å². The van der Waals surface area contributed by atoms with Crippen LogP contribution in [0.1, 0.15) is 0 Å². The summed E-state index contributed by atoms with van der Waals surface area (Å²) in [5.41, 5.74) is 6.06. The highest BCUT2D eigenvalue weighted by Gasteiger charge is 2.09. The summed E-state index contributed by atoms with van der Waals surface area (Å²) in [6, 6.07) is 6.81. The van der Waals surface area contributed by atoms with Crippen LogP contribution in [0.4, 0.5) is 14.5 Å². The van der Waals surface area contributed by atoms with Gasteiger partial charge in [0.1, 0.15) is 25.1 Å². The van der Waals surface area contributed by atoms with Crippen molar-refractivity contribution in [1.82, 2.24) is 0 Å². The Morgan fingerprint density at radius 3 is 2.53 bits per heavy atom. The molecule has 1 unspecified atom stereocenters. The topological polar surface area (TPSA) is 64.7 Å². The molecule has 1 aromatic rings. The standard InChI is InChI=1S/C11H15F2NO3/c12-11(13)7-16-5-8(15)6-17-10-4-2-1-3-9(10)14/h1-4,8,11,15H,5-7,14H2. The van der Waals surface area contributed by atoms with Crippen molar-refractivity contribution in [3.05, 3.63) is 24.3 Å². The Balaban J connectivity index is 2.24. The van der Waals surface area contributed by atoms with E-state index in [4.69, 9.17) is 10.5 Å². The Bertz CT molecular complexity index is 336. The number of anilines is 1. The molecular weight excluding hydrogens is 232 g/mol. The average molecular weight is 247 g/mol. The number of hydrogen-bond acceptors (Lipinski definition) is 4. The third-order valence-electron chi connectivity index (χ3n) is 1.90. The number of alkyl halides is 2. The van der Waals surface area contributed by atoms with Gasteiger partial charge in [-0.2, -0.15) is 0 Å². The number of nitrogen functional groups attached to an aromatic ring is 1. The highest BCUT2D eigenvalue weighted by atomic mass is 19.3. The lowest BCUT2D eigenvalue weighted by molar-refractivity contribution is -0.0306. The van der Waals surface area contributed by atoms with Crippen molar-refractivity contribution in [2.45, 2.75) is 12.5 Å². The van der Waals surface area contributed by atoms with Crippen molar-refractivity contribution in [1.29, 1.82) is 0 Å². The van der Waals surface area contributed by atoms with Crippen molar-refractivity contribution < 1.29 is 23.4 Å². The molecule has 0 fully saturated rings. The number of halogens is 2. The van der Waals surface area contributed by atoms with E-state index < -0.39 is 19.1 Å². The number of benzene rings is 1. The van der Waals surface area contributed by atoms with Crippen LogP contribution < -0.4 is 10.5 Å². The SMILES string of the molecule is Nc1ccccc1OCC(O)COCC(F)F. The number of aliphatic hydroxyl groups is 1. The van der Waals surface area contributed by atoms with Crippen LogP contribution in [0.2, 0.25) is 0 Å². The van der Waals surface area contributed by atoms with E-state index in [1.165, 1.54) is 0 Å². The molecule has 3 N–H and O–H groups in total. The summed E-state index contributed by atoms with van der Waals surface area (Å²) < 4.78 is 33.2. The quantitative estimate of drug-likeness (QED) is 0.713. The normalized spacial score (nSPS) is 12.7. The zero-order valence-corrected chi connectivity index (χ0v) is 9.18. The van der Waals surface area contributed by atoms with Gasteiger partial charge in [0.25, 0.3) is 6.43 Å². The number of nitrogens with two attached hydrogens (primary N) is 1. The van der Waals surface area contributed by atoms with Crippen molar-refractivity contribution >= 4 is 5.69 Å². The molecule has 0 aromatic heterocycles. The molecule has 96 valence electrons. The van der Waals surface area contributed by atoms with Gasteiger partial charge in [-0.15, -0.1) is 0 Å². The molecule has 0 amide bonds. The van der Waals surface area contributed by atoms with Crippen LogP contribution in [0, 0.1) is 0 Å². The summed E-state index contributed by atoms with van der Waals surface area (Å²) >= 11 is 0. The Labute approximate surface area is 97.9 Å². The van der Waals surface area contributed by atoms with E-state index in [1.54, 1.807) is 24.3 Å². The summed E-state index contributed by atoms with van der Waals surface area (Å²) in [6.45, 7) is -0.945. The van der Waals surface area contributed by atoms with Gasteiger partial charge in [-0.05, 0) is 12.1 Å². The monoisotopic (exact) mass is 247 g/mol. The first-order valence-electron chi connectivity index (χ1n) is 5.11. The maximum atomic E-state index is 11.7. The predicted molar refractivity (Wildman–Crippen MR) is 59.2 cm³/mol. The Morgan fingerprint density at radius 1 is 1.18 bits per heavy atom. The van der Waals surface area contributed by atoms with Gasteiger partial charge in [0.2, 0.25) is 0 Å². The summed E-state index contributed by atoms with van der Waals surface area (Å²) in [5.74, 6) is 0.445. The molecule has 17 heavy (non-hydrogen) atoms. The zero-order chi connectivity index (χ0) is 12.7. The maximum absolute atomic E-state index is 11.7. The predicted octanol–water partition coefficient (Wildman–Crippen LogP) is 1.29. The van der Waals surface area contributed by atoms with Crippen LogP contribution in [0.25, 0.3) is 0 Å². The van der Waals surface area contributed by atoms with Crippen LogP contribution in [0.3, 0.4) is 0 Å². The molecule has 0 bridgehead atoms. The van der Waals surface area contributed by atoms with Gasteiger partial charge in [-0.3, -0.25) is 0 Å². The summed E-state index contributed by atoms with van der Waals surface area (Å²) in [5, 5.41) is 9.38.